The number of nitrogens with one attached hydrogen (secondary N) is 2. The molecule has 1 heterocycles. The number of carboxylic acids is 1. The third-order valence-corrected chi connectivity index (χ3v) is 5.49. The summed E-state index contributed by atoms with van der Waals surface area (Å²) in [5.74, 6) is -1.17. The highest BCUT2D eigenvalue weighted by atomic mass is 32.2. The molecule has 7 nitrogen and oxygen atoms in total. The Labute approximate surface area is 142 Å². The fraction of sp³-hybridized carbons (Fsp3) is 0.562. The first-order valence-corrected chi connectivity index (χ1v) is 9.57. The molecule has 0 amide bonds. The lowest BCUT2D eigenvalue weighted by atomic mass is 10.1. The summed E-state index contributed by atoms with van der Waals surface area (Å²) in [7, 11) is -3.78. The number of hydrogen-bond donors (Lipinski definition) is 3. The van der Waals surface area contributed by atoms with E-state index in [0.29, 0.717) is 12.3 Å². The Kier molecular flexibility index (Phi) is 6.20. The van der Waals surface area contributed by atoms with Crippen LogP contribution < -0.4 is 10.0 Å². The van der Waals surface area contributed by atoms with Crippen LogP contribution in [-0.2, 0) is 14.8 Å². The molecule has 24 heavy (non-hydrogen) atoms. The van der Waals surface area contributed by atoms with Gasteiger partial charge in [0.15, 0.2) is 0 Å². The van der Waals surface area contributed by atoms with Crippen LogP contribution in [0.3, 0.4) is 0 Å². The van der Waals surface area contributed by atoms with E-state index in [9.17, 15) is 18.3 Å². The fourth-order valence-corrected chi connectivity index (χ4v) is 3.54. The van der Waals surface area contributed by atoms with Gasteiger partial charge in [0.1, 0.15) is 0 Å². The highest BCUT2D eigenvalue weighted by Gasteiger charge is 2.22. The summed E-state index contributed by atoms with van der Waals surface area (Å²) in [6, 6.07) is 4.18. The lowest BCUT2D eigenvalue weighted by Crippen LogP contribution is -2.32. The second-order valence-electron chi connectivity index (χ2n) is 5.95. The number of carboxylic acid groups (broad SMARTS) is 1. The summed E-state index contributed by atoms with van der Waals surface area (Å²) in [5, 5.41) is 12.4. The molecule has 1 aliphatic rings. The molecule has 1 saturated heterocycles. The predicted octanol–water partition coefficient (Wildman–Crippen LogP) is 2.05. The van der Waals surface area contributed by atoms with Crippen LogP contribution in [0.15, 0.2) is 23.1 Å². The van der Waals surface area contributed by atoms with Crippen LogP contribution in [-0.4, -0.2) is 44.8 Å². The number of aromatic carboxylic acids is 1. The van der Waals surface area contributed by atoms with Crippen molar-refractivity contribution in [2.24, 2.45) is 0 Å². The van der Waals surface area contributed by atoms with Gasteiger partial charge in [0.05, 0.1) is 16.6 Å². The smallest absolute Gasteiger partial charge is 0.337 e. The molecule has 1 aromatic carbocycles. The van der Waals surface area contributed by atoms with Crippen molar-refractivity contribution in [1.82, 2.24) is 4.72 Å². The van der Waals surface area contributed by atoms with Gasteiger partial charge >= 0.3 is 5.97 Å². The fourth-order valence-electron chi connectivity index (χ4n) is 2.45. The van der Waals surface area contributed by atoms with E-state index in [2.05, 4.69) is 10.0 Å². The molecule has 0 spiro atoms. The number of carbonyl (C=O) groups is 1. The summed E-state index contributed by atoms with van der Waals surface area (Å²) < 4.78 is 32.6. The highest BCUT2D eigenvalue weighted by Crippen LogP contribution is 2.22. The molecule has 0 saturated carbocycles. The summed E-state index contributed by atoms with van der Waals surface area (Å²) in [6.45, 7) is 4.74. The molecular formula is C16H24N2O5S. The molecule has 1 aromatic rings. The maximum Gasteiger partial charge on any atom is 0.337 e. The van der Waals surface area contributed by atoms with Gasteiger partial charge in [0.25, 0.3) is 0 Å². The molecule has 8 heteroatoms. The van der Waals surface area contributed by atoms with Gasteiger partial charge in [-0.25, -0.2) is 17.9 Å². The molecule has 3 N–H and O–H groups in total. The Morgan fingerprint density at radius 1 is 1.46 bits per heavy atom. The van der Waals surface area contributed by atoms with Crippen LogP contribution >= 0.6 is 0 Å². The van der Waals surface area contributed by atoms with Crippen molar-refractivity contribution < 1.29 is 23.1 Å². The van der Waals surface area contributed by atoms with Crippen molar-refractivity contribution in [3.63, 3.8) is 0 Å². The van der Waals surface area contributed by atoms with Crippen LogP contribution in [0.2, 0.25) is 0 Å². The van der Waals surface area contributed by atoms with E-state index < -0.39 is 16.0 Å². The Morgan fingerprint density at radius 2 is 2.21 bits per heavy atom. The molecule has 0 bridgehead atoms. The highest BCUT2D eigenvalue weighted by molar-refractivity contribution is 7.89. The summed E-state index contributed by atoms with van der Waals surface area (Å²) >= 11 is 0. The van der Waals surface area contributed by atoms with E-state index in [1.54, 1.807) is 0 Å². The van der Waals surface area contributed by atoms with Gasteiger partial charge in [-0.2, -0.15) is 0 Å². The Balaban J connectivity index is 2.19. The summed E-state index contributed by atoms with van der Waals surface area (Å²) in [6.07, 6.45) is 2.44. The minimum Gasteiger partial charge on any atom is -0.478 e. The van der Waals surface area contributed by atoms with Crippen LogP contribution in [0.5, 0.6) is 0 Å². The largest absolute Gasteiger partial charge is 0.478 e. The van der Waals surface area contributed by atoms with E-state index in [0.717, 1.165) is 19.3 Å². The first kappa shape index (κ1) is 18.7. The van der Waals surface area contributed by atoms with Crippen molar-refractivity contribution in [2.45, 2.75) is 50.2 Å². The summed E-state index contributed by atoms with van der Waals surface area (Å²) in [4.78, 5) is 11.4. The zero-order valence-electron chi connectivity index (χ0n) is 13.9. The van der Waals surface area contributed by atoms with Gasteiger partial charge in [-0.3, -0.25) is 0 Å². The third-order valence-electron chi connectivity index (χ3n) is 4.07. The van der Waals surface area contributed by atoms with E-state index >= 15 is 0 Å². The van der Waals surface area contributed by atoms with E-state index in [4.69, 9.17) is 4.74 Å². The number of rotatable bonds is 8. The van der Waals surface area contributed by atoms with Crippen LogP contribution in [0, 0.1) is 0 Å². The molecule has 134 valence electrons. The second-order valence-corrected chi connectivity index (χ2v) is 7.72. The third kappa shape index (κ3) is 4.68. The monoisotopic (exact) mass is 356 g/mol. The zero-order valence-corrected chi connectivity index (χ0v) is 14.7. The van der Waals surface area contributed by atoms with Gasteiger partial charge in [-0.05, 0) is 44.4 Å². The molecule has 0 aromatic heterocycles. The number of hydrogen-bond acceptors (Lipinski definition) is 5. The number of benzene rings is 1. The Morgan fingerprint density at radius 3 is 2.79 bits per heavy atom. The minimum atomic E-state index is -3.78. The minimum absolute atomic E-state index is 0.0599. The van der Waals surface area contributed by atoms with Gasteiger partial charge in [-0.1, -0.05) is 6.92 Å². The molecular weight excluding hydrogens is 332 g/mol. The van der Waals surface area contributed by atoms with Crippen molar-refractivity contribution in [2.75, 3.05) is 18.5 Å². The van der Waals surface area contributed by atoms with Crippen molar-refractivity contribution >= 4 is 21.7 Å². The lowest BCUT2D eigenvalue weighted by Gasteiger charge is -2.16. The number of anilines is 1. The average Bonchev–Trinajstić information content (AvgIpc) is 3.06. The van der Waals surface area contributed by atoms with E-state index in [-0.39, 0.29) is 29.1 Å². The van der Waals surface area contributed by atoms with E-state index in [1.807, 2.05) is 13.8 Å². The lowest BCUT2D eigenvalue weighted by molar-refractivity contribution is 0.0697. The van der Waals surface area contributed by atoms with Gasteiger partial charge in [0, 0.05) is 24.9 Å². The molecule has 2 atom stereocenters. The zero-order chi connectivity index (χ0) is 17.7. The molecule has 2 rings (SSSR count). The molecule has 0 unspecified atom stereocenters. The molecule has 1 fully saturated rings. The molecule has 0 radical (unpaired) electrons. The van der Waals surface area contributed by atoms with Crippen LogP contribution in [0.4, 0.5) is 5.69 Å². The molecule has 1 aliphatic heterocycles. The topological polar surface area (TPSA) is 105 Å². The van der Waals surface area contributed by atoms with Gasteiger partial charge < -0.3 is 15.2 Å². The Bertz CT molecular complexity index is 684. The first-order valence-electron chi connectivity index (χ1n) is 8.08. The van der Waals surface area contributed by atoms with Crippen molar-refractivity contribution in [1.29, 1.82) is 0 Å². The predicted molar refractivity (Wildman–Crippen MR) is 90.9 cm³/mol. The Hall–Kier alpha value is -1.64. The first-order chi connectivity index (χ1) is 11.3. The normalized spacial score (nSPS) is 19.2. The quantitative estimate of drug-likeness (QED) is 0.658. The maximum atomic E-state index is 12.4. The van der Waals surface area contributed by atoms with Crippen molar-refractivity contribution in [3.05, 3.63) is 23.8 Å². The van der Waals surface area contributed by atoms with Gasteiger partial charge in [0.2, 0.25) is 10.0 Å². The summed E-state index contributed by atoms with van der Waals surface area (Å²) in [5.41, 5.74) is 0.352. The van der Waals surface area contributed by atoms with E-state index in [1.165, 1.54) is 18.2 Å². The van der Waals surface area contributed by atoms with Crippen LogP contribution in [0.25, 0.3) is 0 Å². The van der Waals surface area contributed by atoms with Crippen LogP contribution in [0.1, 0.15) is 43.5 Å². The average molecular weight is 356 g/mol. The standard InChI is InChI=1S/C16H24N2O5S/c1-3-11(2)18-15-7-6-13(9-14(15)16(19)20)24(21,22)17-10-12-5-4-8-23-12/h6-7,9,11-12,17-18H,3-5,8,10H2,1-2H3,(H,19,20)/t11-,12-/m0/s1. The molecule has 0 aliphatic carbocycles. The maximum absolute atomic E-state index is 12.4. The number of sulfonamides is 1. The van der Waals surface area contributed by atoms with Crippen molar-refractivity contribution in [3.8, 4) is 0 Å². The van der Waals surface area contributed by atoms with Gasteiger partial charge in [-0.15, -0.1) is 0 Å². The number of ether oxygens (including phenoxy) is 1. The SMILES string of the molecule is CC[C@H](C)Nc1ccc(S(=O)(=O)NC[C@@H]2CCCO2)cc1C(=O)O. The second kappa shape index (κ2) is 7.96.